The Morgan fingerprint density at radius 3 is 2.76 bits per heavy atom. The number of rotatable bonds is 12. The van der Waals surface area contributed by atoms with Crippen molar-refractivity contribution < 1.29 is 19.3 Å². The van der Waals surface area contributed by atoms with E-state index in [1.165, 1.54) is 42.6 Å². The molecule has 2 N–H and O–H groups in total. The number of pyridine rings is 1. The van der Waals surface area contributed by atoms with Crippen molar-refractivity contribution in [1.29, 1.82) is 0 Å². The Labute approximate surface area is 196 Å². The van der Waals surface area contributed by atoms with Gasteiger partial charge in [-0.2, -0.15) is 0 Å². The molecule has 5 rings (SSSR count). The summed E-state index contributed by atoms with van der Waals surface area (Å²) >= 11 is 0. The van der Waals surface area contributed by atoms with Gasteiger partial charge >= 0.3 is 0 Å². The fourth-order valence-corrected chi connectivity index (χ4v) is 5.12. The molecule has 180 valence electrons. The van der Waals surface area contributed by atoms with E-state index in [-0.39, 0.29) is 12.7 Å². The van der Waals surface area contributed by atoms with E-state index in [1.54, 1.807) is 7.11 Å². The molecule has 1 unspecified atom stereocenters. The molecule has 1 atom stereocenters. The highest BCUT2D eigenvalue weighted by Crippen LogP contribution is 2.40. The van der Waals surface area contributed by atoms with Crippen LogP contribution < -0.4 is 14.8 Å². The van der Waals surface area contributed by atoms with Crippen LogP contribution in [0, 0.1) is 5.92 Å². The number of aliphatic hydroxyl groups is 1. The molecule has 0 spiro atoms. The lowest BCUT2D eigenvalue weighted by Crippen LogP contribution is -2.36. The van der Waals surface area contributed by atoms with Gasteiger partial charge in [0.2, 0.25) is 0 Å². The number of hydrogen-bond acceptors (Lipinski definition) is 7. The van der Waals surface area contributed by atoms with Crippen LogP contribution in [-0.2, 0) is 17.6 Å². The van der Waals surface area contributed by atoms with E-state index >= 15 is 0 Å². The number of nitrogens with zero attached hydrogens (tertiary/aromatic N) is 2. The second-order valence-corrected chi connectivity index (χ2v) is 9.65. The molecule has 1 aliphatic heterocycles. The van der Waals surface area contributed by atoms with E-state index in [2.05, 4.69) is 16.3 Å². The average Bonchev–Trinajstić information content (AvgIpc) is 3.29. The topological polar surface area (TPSA) is 76.1 Å². The second-order valence-electron chi connectivity index (χ2n) is 9.65. The fourth-order valence-electron chi connectivity index (χ4n) is 5.12. The maximum Gasteiger partial charge on any atom is 0.163 e. The first-order valence-electron chi connectivity index (χ1n) is 12.6. The summed E-state index contributed by atoms with van der Waals surface area (Å²) in [7, 11) is 1.69. The molecular formula is C26H37N3O4. The Kier molecular flexibility index (Phi) is 7.19. The normalized spacial score (nSPS) is 19.1. The Bertz CT molecular complexity index is 956. The van der Waals surface area contributed by atoms with Gasteiger partial charge in [0.1, 0.15) is 12.7 Å². The maximum absolute atomic E-state index is 9.23. The lowest BCUT2D eigenvalue weighted by Gasteiger charge is -2.24. The van der Waals surface area contributed by atoms with Gasteiger partial charge in [0.25, 0.3) is 0 Å². The fraction of sp³-hybridized carbons (Fsp3) is 0.654. The molecule has 0 bridgehead atoms. The number of aliphatic hydroxyl groups excluding tert-OH is 1. The van der Waals surface area contributed by atoms with Crippen LogP contribution in [0.3, 0.4) is 0 Å². The average molecular weight is 456 g/mol. The number of ether oxygens (including phenoxy) is 3. The van der Waals surface area contributed by atoms with Crippen LogP contribution in [0.2, 0.25) is 0 Å². The minimum absolute atomic E-state index is 0.0153. The van der Waals surface area contributed by atoms with Gasteiger partial charge in [-0.25, -0.2) is 0 Å². The monoisotopic (exact) mass is 455 g/mol. The van der Waals surface area contributed by atoms with Crippen LogP contribution in [0.15, 0.2) is 12.1 Å². The van der Waals surface area contributed by atoms with Crippen molar-refractivity contribution in [2.75, 3.05) is 58.4 Å². The predicted octanol–water partition coefficient (Wildman–Crippen LogP) is 3.41. The molecule has 0 radical (unpaired) electrons. The Morgan fingerprint density at radius 2 is 2.00 bits per heavy atom. The molecule has 3 aliphatic rings. The largest absolute Gasteiger partial charge is 0.493 e. The number of likely N-dealkylation sites (tertiary alicyclic amines) is 1. The van der Waals surface area contributed by atoms with Crippen molar-refractivity contribution in [1.82, 2.24) is 9.88 Å². The summed E-state index contributed by atoms with van der Waals surface area (Å²) in [5.74, 6) is 2.22. The number of methoxy groups -OCH3 is 1. The number of aromatic nitrogens is 1. The molecule has 2 aliphatic carbocycles. The molecular weight excluding hydrogens is 418 g/mol. The zero-order valence-corrected chi connectivity index (χ0v) is 19.8. The number of hydrogen-bond donors (Lipinski definition) is 2. The standard InChI is InChI=1S/C26H37N3O4/c1-31-24-13-21-23(28-22-6-4-5-20(22)26(21)27-15-18-7-8-18)14-25(24)33-17-19(32-12-11-30)16-29-9-2-3-10-29/h13-14,18-19,30H,2-12,15-17H2,1H3,(H,27,28). The lowest BCUT2D eigenvalue weighted by atomic mass is 10.1. The van der Waals surface area contributed by atoms with Crippen molar-refractivity contribution in [3.05, 3.63) is 23.4 Å². The van der Waals surface area contributed by atoms with Crippen molar-refractivity contribution in [3.8, 4) is 11.5 Å². The van der Waals surface area contributed by atoms with Gasteiger partial charge in [0.05, 0.1) is 25.8 Å². The van der Waals surface area contributed by atoms with Gasteiger partial charge in [-0.15, -0.1) is 0 Å². The number of aryl methyl sites for hydroxylation is 1. The van der Waals surface area contributed by atoms with E-state index in [0.717, 1.165) is 68.0 Å². The van der Waals surface area contributed by atoms with Gasteiger partial charge < -0.3 is 29.5 Å². The number of benzene rings is 1. The highest BCUT2D eigenvalue weighted by Gasteiger charge is 2.25. The van der Waals surface area contributed by atoms with Crippen molar-refractivity contribution in [2.24, 2.45) is 5.92 Å². The summed E-state index contributed by atoms with van der Waals surface area (Å²) in [6.07, 6.45) is 8.33. The van der Waals surface area contributed by atoms with Crippen LogP contribution >= 0.6 is 0 Å². The number of nitrogens with one attached hydrogen (secondary N) is 1. The second kappa shape index (κ2) is 10.5. The van der Waals surface area contributed by atoms with Gasteiger partial charge in [0.15, 0.2) is 11.5 Å². The van der Waals surface area contributed by atoms with Gasteiger partial charge in [-0.05, 0) is 75.6 Å². The third-order valence-corrected chi connectivity index (χ3v) is 7.09. The molecule has 1 aromatic heterocycles. The minimum atomic E-state index is -0.0978. The van der Waals surface area contributed by atoms with E-state index in [9.17, 15) is 5.11 Å². The van der Waals surface area contributed by atoms with E-state index in [1.807, 2.05) is 6.07 Å². The lowest BCUT2D eigenvalue weighted by molar-refractivity contribution is -0.0129. The van der Waals surface area contributed by atoms with Crippen LogP contribution in [0.5, 0.6) is 11.5 Å². The van der Waals surface area contributed by atoms with Crippen LogP contribution in [0.1, 0.15) is 43.4 Å². The summed E-state index contributed by atoms with van der Waals surface area (Å²) in [6.45, 7) is 4.80. The molecule has 1 saturated heterocycles. The Morgan fingerprint density at radius 1 is 1.15 bits per heavy atom. The molecule has 0 amide bonds. The maximum atomic E-state index is 9.23. The highest BCUT2D eigenvalue weighted by molar-refractivity contribution is 5.96. The summed E-state index contributed by atoms with van der Waals surface area (Å²) in [5, 5.41) is 14.1. The zero-order valence-electron chi connectivity index (χ0n) is 19.8. The zero-order chi connectivity index (χ0) is 22.6. The molecule has 1 saturated carbocycles. The van der Waals surface area contributed by atoms with Crippen LogP contribution in [0.25, 0.3) is 10.9 Å². The van der Waals surface area contributed by atoms with Gasteiger partial charge in [-0.1, -0.05) is 0 Å². The third kappa shape index (κ3) is 5.36. The van der Waals surface area contributed by atoms with Gasteiger partial charge in [-0.3, -0.25) is 4.98 Å². The first kappa shape index (κ1) is 22.7. The molecule has 2 aromatic rings. The van der Waals surface area contributed by atoms with E-state index < -0.39 is 0 Å². The molecule has 2 fully saturated rings. The smallest absolute Gasteiger partial charge is 0.163 e. The summed E-state index contributed by atoms with van der Waals surface area (Å²) in [5.41, 5.74) is 4.79. The predicted molar refractivity (Wildman–Crippen MR) is 130 cm³/mol. The van der Waals surface area contributed by atoms with Crippen LogP contribution in [0.4, 0.5) is 5.69 Å². The first-order valence-corrected chi connectivity index (χ1v) is 12.6. The quantitative estimate of drug-likeness (QED) is 0.508. The number of anilines is 1. The van der Waals surface area contributed by atoms with Crippen LogP contribution in [-0.4, -0.2) is 74.2 Å². The Hall–Kier alpha value is -2.09. The molecule has 1 aromatic carbocycles. The summed E-state index contributed by atoms with van der Waals surface area (Å²) in [4.78, 5) is 7.42. The van der Waals surface area contributed by atoms with Gasteiger partial charge in [0, 0.05) is 35.9 Å². The molecule has 7 heteroatoms. The summed E-state index contributed by atoms with van der Waals surface area (Å²) in [6, 6.07) is 4.10. The SMILES string of the molecule is COc1cc2c(NCC3CC3)c3c(nc2cc1OCC(CN1CCCC1)OCCO)CCC3. The van der Waals surface area contributed by atoms with E-state index in [0.29, 0.717) is 19.0 Å². The van der Waals surface area contributed by atoms with Crippen molar-refractivity contribution >= 4 is 16.6 Å². The Balaban J connectivity index is 1.38. The molecule has 2 heterocycles. The van der Waals surface area contributed by atoms with Crippen molar-refractivity contribution in [3.63, 3.8) is 0 Å². The van der Waals surface area contributed by atoms with E-state index in [4.69, 9.17) is 19.2 Å². The molecule has 7 nitrogen and oxygen atoms in total. The molecule has 33 heavy (non-hydrogen) atoms. The third-order valence-electron chi connectivity index (χ3n) is 7.09. The first-order chi connectivity index (χ1) is 16.2. The highest BCUT2D eigenvalue weighted by atomic mass is 16.5. The summed E-state index contributed by atoms with van der Waals surface area (Å²) < 4.78 is 17.9. The van der Waals surface area contributed by atoms with Crippen molar-refractivity contribution in [2.45, 2.75) is 51.0 Å². The number of fused-ring (bicyclic) bond motifs is 2. The minimum Gasteiger partial charge on any atom is -0.493 e.